The second-order valence-electron chi connectivity index (χ2n) is 9.43. The van der Waals surface area contributed by atoms with Crippen molar-refractivity contribution in [2.24, 2.45) is 11.8 Å². The number of carboxylic acids is 1. The first-order valence-electron chi connectivity index (χ1n) is 12.2. The molecule has 35 heavy (non-hydrogen) atoms. The lowest BCUT2D eigenvalue weighted by atomic mass is 9.73. The standard InChI is InChI=1S/C28H32N2O5/c1-2-3-12-25(27(33)29-16-19-13-18(14-19)15-26(31)32)30-28(34)35-17-24-22-10-6-4-8-20(22)21-9-5-7-11-23(21)24/h2,4-11,18-19,24-25H,1,3,12-17H2,(H,29,33)(H,30,34)(H,31,32). The minimum absolute atomic E-state index is 0.0500. The summed E-state index contributed by atoms with van der Waals surface area (Å²) in [6.07, 6.45) is 3.85. The number of carboxylic acid groups (broad SMARTS) is 1. The third kappa shape index (κ3) is 5.91. The summed E-state index contributed by atoms with van der Waals surface area (Å²) in [7, 11) is 0. The predicted octanol–water partition coefficient (Wildman–Crippen LogP) is 4.48. The van der Waals surface area contributed by atoms with Crippen LogP contribution in [0.1, 0.15) is 49.1 Å². The Hall–Kier alpha value is -3.61. The summed E-state index contributed by atoms with van der Waals surface area (Å²) < 4.78 is 5.60. The molecule has 7 heteroatoms. The lowest BCUT2D eigenvalue weighted by molar-refractivity contribution is -0.139. The number of carbonyl (C=O) groups excluding carboxylic acids is 2. The first kappa shape index (κ1) is 24.5. The van der Waals surface area contributed by atoms with Crippen molar-refractivity contribution >= 4 is 18.0 Å². The monoisotopic (exact) mass is 476 g/mol. The van der Waals surface area contributed by atoms with E-state index >= 15 is 0 Å². The number of allylic oxidation sites excluding steroid dienone is 1. The van der Waals surface area contributed by atoms with E-state index in [0.29, 0.717) is 19.4 Å². The molecule has 2 aliphatic carbocycles. The molecule has 1 fully saturated rings. The first-order chi connectivity index (χ1) is 17.0. The third-order valence-electron chi connectivity index (χ3n) is 6.97. The van der Waals surface area contributed by atoms with Gasteiger partial charge in [0.05, 0.1) is 0 Å². The Morgan fingerprint density at radius 1 is 1.03 bits per heavy atom. The Labute approximate surface area is 205 Å². The molecule has 2 aromatic carbocycles. The Morgan fingerprint density at radius 3 is 2.26 bits per heavy atom. The third-order valence-corrected chi connectivity index (χ3v) is 6.97. The zero-order chi connectivity index (χ0) is 24.8. The Kier molecular flexibility index (Phi) is 7.85. The normalized spacial score (nSPS) is 19.0. The Balaban J connectivity index is 1.30. The number of fused-ring (bicyclic) bond motifs is 3. The van der Waals surface area contributed by atoms with Crippen LogP contribution in [0.3, 0.4) is 0 Å². The van der Waals surface area contributed by atoms with E-state index < -0.39 is 18.1 Å². The Morgan fingerprint density at radius 2 is 1.66 bits per heavy atom. The van der Waals surface area contributed by atoms with Gasteiger partial charge < -0.3 is 20.5 Å². The van der Waals surface area contributed by atoms with Crippen LogP contribution in [0.25, 0.3) is 11.1 Å². The van der Waals surface area contributed by atoms with Crippen molar-refractivity contribution in [1.82, 2.24) is 10.6 Å². The van der Waals surface area contributed by atoms with Crippen LogP contribution in [0.2, 0.25) is 0 Å². The first-order valence-corrected chi connectivity index (χ1v) is 12.2. The molecule has 0 bridgehead atoms. The van der Waals surface area contributed by atoms with E-state index in [1.54, 1.807) is 6.08 Å². The summed E-state index contributed by atoms with van der Waals surface area (Å²) in [5, 5.41) is 14.5. The topological polar surface area (TPSA) is 105 Å². The van der Waals surface area contributed by atoms with Crippen molar-refractivity contribution < 1.29 is 24.2 Å². The summed E-state index contributed by atoms with van der Waals surface area (Å²) in [6.45, 7) is 4.37. The molecule has 1 saturated carbocycles. The molecule has 0 heterocycles. The number of ether oxygens (including phenoxy) is 1. The van der Waals surface area contributed by atoms with Gasteiger partial charge in [-0.2, -0.15) is 0 Å². The van der Waals surface area contributed by atoms with Crippen molar-refractivity contribution in [3.63, 3.8) is 0 Å². The summed E-state index contributed by atoms with van der Waals surface area (Å²) in [5.74, 6) is -0.634. The number of carbonyl (C=O) groups is 3. The molecule has 0 aliphatic heterocycles. The molecule has 3 N–H and O–H groups in total. The minimum atomic E-state index is -0.783. The van der Waals surface area contributed by atoms with Gasteiger partial charge in [0, 0.05) is 18.9 Å². The highest BCUT2D eigenvalue weighted by Gasteiger charge is 2.32. The minimum Gasteiger partial charge on any atom is -0.481 e. The summed E-state index contributed by atoms with van der Waals surface area (Å²) in [5.41, 5.74) is 4.57. The molecule has 7 nitrogen and oxygen atoms in total. The van der Waals surface area contributed by atoms with E-state index in [2.05, 4.69) is 41.5 Å². The molecule has 184 valence electrons. The summed E-state index contributed by atoms with van der Waals surface area (Å²) in [6, 6.07) is 15.5. The van der Waals surface area contributed by atoms with Gasteiger partial charge in [0.25, 0.3) is 0 Å². The average molecular weight is 477 g/mol. The zero-order valence-electron chi connectivity index (χ0n) is 19.7. The van der Waals surface area contributed by atoms with Crippen LogP contribution < -0.4 is 10.6 Å². The van der Waals surface area contributed by atoms with E-state index in [-0.39, 0.29) is 36.7 Å². The Bertz CT molecular complexity index is 1050. The molecular weight excluding hydrogens is 444 g/mol. The van der Waals surface area contributed by atoms with Crippen LogP contribution in [0.4, 0.5) is 4.79 Å². The maximum Gasteiger partial charge on any atom is 0.407 e. The van der Waals surface area contributed by atoms with Gasteiger partial charge in [0.2, 0.25) is 5.91 Å². The van der Waals surface area contributed by atoms with E-state index in [1.807, 2.05) is 24.3 Å². The average Bonchev–Trinajstić information content (AvgIpc) is 3.15. The molecule has 2 aromatic rings. The molecule has 1 unspecified atom stereocenters. The van der Waals surface area contributed by atoms with Crippen molar-refractivity contribution in [2.75, 3.05) is 13.2 Å². The maximum absolute atomic E-state index is 12.8. The number of hydrogen-bond acceptors (Lipinski definition) is 4. The van der Waals surface area contributed by atoms with Crippen LogP contribution in [0, 0.1) is 11.8 Å². The van der Waals surface area contributed by atoms with Crippen molar-refractivity contribution in [3.8, 4) is 11.1 Å². The number of benzene rings is 2. The molecule has 4 rings (SSSR count). The summed E-state index contributed by atoms with van der Waals surface area (Å²) >= 11 is 0. The number of alkyl carbamates (subject to hydrolysis) is 1. The van der Waals surface area contributed by atoms with Crippen molar-refractivity contribution in [1.29, 1.82) is 0 Å². The quantitative estimate of drug-likeness (QED) is 0.415. The molecule has 1 atom stereocenters. The second kappa shape index (κ2) is 11.2. The van der Waals surface area contributed by atoms with Gasteiger partial charge in [-0.15, -0.1) is 6.58 Å². The zero-order valence-corrected chi connectivity index (χ0v) is 19.7. The highest BCUT2D eigenvalue weighted by molar-refractivity contribution is 5.85. The molecule has 0 spiro atoms. The molecule has 0 saturated heterocycles. The molecule has 0 aromatic heterocycles. The lowest BCUT2D eigenvalue weighted by Gasteiger charge is -2.34. The van der Waals surface area contributed by atoms with Gasteiger partial charge in [-0.1, -0.05) is 54.6 Å². The van der Waals surface area contributed by atoms with Gasteiger partial charge in [-0.25, -0.2) is 4.79 Å². The van der Waals surface area contributed by atoms with Crippen molar-refractivity contribution in [2.45, 2.75) is 44.1 Å². The van der Waals surface area contributed by atoms with Gasteiger partial charge in [0.1, 0.15) is 12.6 Å². The van der Waals surface area contributed by atoms with Gasteiger partial charge in [-0.3, -0.25) is 9.59 Å². The fourth-order valence-electron chi connectivity index (χ4n) is 5.16. The van der Waals surface area contributed by atoms with Gasteiger partial charge in [0.15, 0.2) is 0 Å². The van der Waals surface area contributed by atoms with E-state index in [1.165, 1.54) is 0 Å². The van der Waals surface area contributed by atoms with Crippen LogP contribution in [0.5, 0.6) is 0 Å². The van der Waals surface area contributed by atoms with Crippen LogP contribution >= 0.6 is 0 Å². The molecular formula is C28H32N2O5. The van der Waals surface area contributed by atoms with Crippen LogP contribution in [0.15, 0.2) is 61.2 Å². The smallest absolute Gasteiger partial charge is 0.407 e. The fraction of sp³-hybridized carbons (Fsp3) is 0.393. The van der Waals surface area contributed by atoms with E-state index in [0.717, 1.165) is 35.1 Å². The number of aliphatic carboxylic acids is 1. The number of nitrogens with one attached hydrogen (secondary N) is 2. The van der Waals surface area contributed by atoms with Crippen LogP contribution in [-0.4, -0.2) is 42.3 Å². The molecule has 0 radical (unpaired) electrons. The molecule has 2 amide bonds. The predicted molar refractivity (Wildman–Crippen MR) is 133 cm³/mol. The second-order valence-corrected chi connectivity index (χ2v) is 9.43. The van der Waals surface area contributed by atoms with Gasteiger partial charge in [-0.05, 0) is 59.8 Å². The van der Waals surface area contributed by atoms with Crippen LogP contribution in [-0.2, 0) is 14.3 Å². The highest BCUT2D eigenvalue weighted by Crippen LogP contribution is 2.44. The highest BCUT2D eigenvalue weighted by atomic mass is 16.5. The number of amides is 2. The van der Waals surface area contributed by atoms with E-state index in [4.69, 9.17) is 9.84 Å². The van der Waals surface area contributed by atoms with Crippen molar-refractivity contribution in [3.05, 3.63) is 72.3 Å². The number of rotatable bonds is 11. The van der Waals surface area contributed by atoms with Gasteiger partial charge >= 0.3 is 12.1 Å². The number of hydrogen-bond donors (Lipinski definition) is 3. The van der Waals surface area contributed by atoms with E-state index in [9.17, 15) is 14.4 Å². The molecule has 2 aliphatic rings. The fourth-order valence-corrected chi connectivity index (χ4v) is 5.16. The largest absolute Gasteiger partial charge is 0.481 e. The SMILES string of the molecule is C=CCCC(NC(=O)OCC1c2ccccc2-c2ccccc21)C(=O)NCC1CC(CC(=O)O)C1. The summed E-state index contributed by atoms with van der Waals surface area (Å²) in [4.78, 5) is 36.2. The maximum atomic E-state index is 12.8. The lowest BCUT2D eigenvalue weighted by Crippen LogP contribution is -2.49.